The van der Waals surface area contributed by atoms with E-state index >= 15 is 0 Å². The molecular weight excluding hydrogens is 300 g/mol. The summed E-state index contributed by atoms with van der Waals surface area (Å²) >= 11 is 0. The molecule has 2 aliphatic rings. The van der Waals surface area contributed by atoms with Gasteiger partial charge in [-0.15, -0.1) is 5.10 Å². The van der Waals surface area contributed by atoms with Crippen LogP contribution in [0, 0.1) is 0 Å². The number of nitrogens with zero attached hydrogens (tertiary/aromatic N) is 4. The van der Waals surface area contributed by atoms with Crippen molar-refractivity contribution in [2.45, 2.75) is 56.5 Å². The Labute approximate surface area is 143 Å². The van der Waals surface area contributed by atoms with Crippen molar-refractivity contribution >= 4 is 5.69 Å². The highest BCUT2D eigenvalue weighted by Crippen LogP contribution is 2.36. The van der Waals surface area contributed by atoms with Gasteiger partial charge >= 0.3 is 0 Å². The van der Waals surface area contributed by atoms with Crippen molar-refractivity contribution in [2.75, 3.05) is 18.4 Å². The van der Waals surface area contributed by atoms with Crippen LogP contribution in [0.4, 0.5) is 5.69 Å². The predicted molar refractivity (Wildman–Crippen MR) is 93.8 cm³/mol. The number of hydrogen-bond donors (Lipinski definition) is 2. The lowest BCUT2D eigenvalue weighted by Crippen LogP contribution is -2.47. The number of para-hydroxylation sites is 1. The van der Waals surface area contributed by atoms with Crippen LogP contribution in [0.3, 0.4) is 0 Å². The van der Waals surface area contributed by atoms with Gasteiger partial charge in [-0.2, -0.15) is 0 Å². The molecule has 0 amide bonds. The summed E-state index contributed by atoms with van der Waals surface area (Å²) in [6.45, 7) is 1.97. The normalized spacial score (nSPS) is 21.5. The van der Waals surface area contributed by atoms with Crippen LogP contribution in [0.25, 0.3) is 0 Å². The standard InChI is InChI=1S/C18H26N6/c1-3-7-15(8-4-1)20-18(11-13-19-14-12-18)17-21-22-23-24(17)16-9-5-2-6-10-16/h1,3-4,7-8,16,19-20H,2,5-6,9-14H2. The van der Waals surface area contributed by atoms with Crippen molar-refractivity contribution in [2.24, 2.45) is 0 Å². The van der Waals surface area contributed by atoms with Gasteiger partial charge in [0.2, 0.25) is 0 Å². The number of benzene rings is 1. The van der Waals surface area contributed by atoms with Crippen LogP contribution in [0.5, 0.6) is 0 Å². The van der Waals surface area contributed by atoms with Gasteiger partial charge < -0.3 is 10.6 Å². The summed E-state index contributed by atoms with van der Waals surface area (Å²) in [5.74, 6) is 1.01. The van der Waals surface area contributed by atoms with Crippen LogP contribution in [-0.4, -0.2) is 33.3 Å². The first kappa shape index (κ1) is 15.6. The minimum absolute atomic E-state index is 0.187. The second kappa shape index (κ2) is 6.89. The molecule has 2 N–H and O–H groups in total. The second-order valence-corrected chi connectivity index (χ2v) is 7.06. The zero-order valence-corrected chi connectivity index (χ0v) is 14.1. The number of piperidine rings is 1. The third-order valence-corrected chi connectivity index (χ3v) is 5.46. The molecule has 1 aliphatic heterocycles. The lowest BCUT2D eigenvalue weighted by molar-refractivity contribution is 0.270. The molecule has 1 aromatic heterocycles. The highest BCUT2D eigenvalue weighted by Gasteiger charge is 2.40. The smallest absolute Gasteiger partial charge is 0.177 e. The van der Waals surface area contributed by atoms with Crippen molar-refractivity contribution in [1.82, 2.24) is 25.5 Å². The Balaban J connectivity index is 1.68. The van der Waals surface area contributed by atoms with E-state index in [4.69, 9.17) is 0 Å². The highest BCUT2D eigenvalue weighted by molar-refractivity contribution is 5.46. The topological polar surface area (TPSA) is 67.7 Å². The van der Waals surface area contributed by atoms with Crippen molar-refractivity contribution in [3.05, 3.63) is 36.2 Å². The quantitative estimate of drug-likeness (QED) is 0.904. The number of nitrogens with one attached hydrogen (secondary N) is 2. The van der Waals surface area contributed by atoms with Crippen LogP contribution >= 0.6 is 0 Å². The van der Waals surface area contributed by atoms with Crippen molar-refractivity contribution in [1.29, 1.82) is 0 Å². The number of anilines is 1. The van der Waals surface area contributed by atoms with Crippen molar-refractivity contribution in [3.63, 3.8) is 0 Å². The van der Waals surface area contributed by atoms with E-state index in [0.29, 0.717) is 6.04 Å². The molecule has 4 rings (SSSR count). The fraction of sp³-hybridized carbons (Fsp3) is 0.611. The average molecular weight is 326 g/mol. The van der Waals surface area contributed by atoms with E-state index in [0.717, 1.165) is 37.4 Å². The molecule has 0 radical (unpaired) electrons. The van der Waals surface area contributed by atoms with Crippen molar-refractivity contribution in [3.8, 4) is 0 Å². The number of tetrazole rings is 1. The van der Waals surface area contributed by atoms with E-state index < -0.39 is 0 Å². The summed E-state index contributed by atoms with van der Waals surface area (Å²) < 4.78 is 2.13. The maximum absolute atomic E-state index is 4.49. The minimum Gasteiger partial charge on any atom is -0.372 e. The van der Waals surface area contributed by atoms with Gasteiger partial charge in [-0.1, -0.05) is 37.5 Å². The Morgan fingerprint density at radius 3 is 2.54 bits per heavy atom. The predicted octanol–water partition coefficient (Wildman–Crippen LogP) is 2.87. The molecule has 2 fully saturated rings. The summed E-state index contributed by atoms with van der Waals surface area (Å²) in [6.07, 6.45) is 8.28. The van der Waals surface area contributed by atoms with Crippen molar-refractivity contribution < 1.29 is 0 Å². The molecular formula is C18H26N6. The van der Waals surface area contributed by atoms with Crippen LogP contribution in [-0.2, 0) is 5.54 Å². The number of hydrogen-bond acceptors (Lipinski definition) is 5. The van der Waals surface area contributed by atoms with Gasteiger partial charge in [-0.25, -0.2) is 4.68 Å². The minimum atomic E-state index is -0.187. The summed E-state index contributed by atoms with van der Waals surface area (Å²) in [4.78, 5) is 0. The van der Waals surface area contributed by atoms with Gasteiger partial charge in [0.05, 0.1) is 6.04 Å². The Morgan fingerprint density at radius 2 is 1.79 bits per heavy atom. The largest absolute Gasteiger partial charge is 0.372 e. The van der Waals surface area contributed by atoms with Gasteiger partial charge in [-0.3, -0.25) is 0 Å². The first-order valence-corrected chi connectivity index (χ1v) is 9.20. The van der Waals surface area contributed by atoms with Gasteiger partial charge in [0.15, 0.2) is 5.82 Å². The monoisotopic (exact) mass is 326 g/mol. The highest BCUT2D eigenvalue weighted by atomic mass is 15.6. The number of aromatic nitrogens is 4. The Kier molecular flexibility index (Phi) is 4.47. The lowest BCUT2D eigenvalue weighted by atomic mass is 9.86. The molecule has 0 unspecified atom stereocenters. The Hall–Kier alpha value is -1.95. The van der Waals surface area contributed by atoms with Gasteiger partial charge in [0, 0.05) is 5.69 Å². The van der Waals surface area contributed by atoms with E-state index in [1.807, 2.05) is 6.07 Å². The lowest BCUT2D eigenvalue weighted by Gasteiger charge is -2.39. The molecule has 0 atom stereocenters. The summed E-state index contributed by atoms with van der Waals surface area (Å²) in [6, 6.07) is 10.9. The van der Waals surface area contributed by atoms with Crippen LogP contribution in [0.2, 0.25) is 0 Å². The molecule has 2 heterocycles. The zero-order valence-electron chi connectivity index (χ0n) is 14.1. The molecule has 1 saturated heterocycles. The summed E-state index contributed by atoms with van der Waals surface area (Å²) in [5.41, 5.74) is 0.950. The third kappa shape index (κ3) is 3.02. The summed E-state index contributed by atoms with van der Waals surface area (Å²) in [5, 5.41) is 20.2. The number of rotatable bonds is 4. The first-order valence-electron chi connectivity index (χ1n) is 9.20. The van der Waals surface area contributed by atoms with Crippen LogP contribution < -0.4 is 10.6 Å². The SMILES string of the molecule is c1ccc(NC2(c3nnnn3C3CCCCC3)CCNCC2)cc1. The third-order valence-electron chi connectivity index (χ3n) is 5.46. The summed E-state index contributed by atoms with van der Waals surface area (Å²) in [7, 11) is 0. The van der Waals surface area contributed by atoms with Gasteiger partial charge in [0.25, 0.3) is 0 Å². The molecule has 0 spiro atoms. The van der Waals surface area contributed by atoms with E-state index in [-0.39, 0.29) is 5.54 Å². The maximum atomic E-state index is 4.49. The Morgan fingerprint density at radius 1 is 1.04 bits per heavy atom. The zero-order chi connectivity index (χ0) is 16.2. The van der Waals surface area contributed by atoms with E-state index in [2.05, 4.69) is 55.1 Å². The fourth-order valence-corrected chi connectivity index (χ4v) is 4.14. The molecule has 1 aromatic carbocycles. The molecule has 1 aliphatic carbocycles. The fourth-order valence-electron chi connectivity index (χ4n) is 4.14. The van der Waals surface area contributed by atoms with E-state index in [1.165, 1.54) is 32.1 Å². The van der Waals surface area contributed by atoms with E-state index in [1.54, 1.807) is 0 Å². The van der Waals surface area contributed by atoms with Crippen LogP contribution in [0.15, 0.2) is 30.3 Å². The second-order valence-electron chi connectivity index (χ2n) is 7.06. The first-order chi connectivity index (χ1) is 11.9. The average Bonchev–Trinajstić information content (AvgIpc) is 3.15. The van der Waals surface area contributed by atoms with Gasteiger partial charge in [0.1, 0.15) is 5.54 Å². The molecule has 6 heteroatoms. The Bertz CT molecular complexity index is 641. The molecule has 1 saturated carbocycles. The molecule has 24 heavy (non-hydrogen) atoms. The molecule has 2 aromatic rings. The molecule has 6 nitrogen and oxygen atoms in total. The maximum Gasteiger partial charge on any atom is 0.177 e. The molecule has 0 bridgehead atoms. The molecule has 128 valence electrons. The van der Waals surface area contributed by atoms with E-state index in [9.17, 15) is 0 Å². The van der Waals surface area contributed by atoms with Gasteiger partial charge in [-0.05, 0) is 61.3 Å². The van der Waals surface area contributed by atoms with Crippen LogP contribution in [0.1, 0.15) is 56.8 Å².